The average Bonchev–Trinajstić information content (AvgIpc) is 2.90. The van der Waals surface area contributed by atoms with E-state index in [0.29, 0.717) is 18.8 Å². The Morgan fingerprint density at radius 2 is 2.00 bits per heavy atom. The molecule has 0 saturated carbocycles. The minimum absolute atomic E-state index is 0.0384. The van der Waals surface area contributed by atoms with Crippen LogP contribution in [0.25, 0.3) is 0 Å². The van der Waals surface area contributed by atoms with Crippen LogP contribution in [0.3, 0.4) is 0 Å². The maximum absolute atomic E-state index is 13.1. The summed E-state index contributed by atoms with van der Waals surface area (Å²) >= 11 is 0. The van der Waals surface area contributed by atoms with Gasteiger partial charge in [-0.3, -0.25) is 9.59 Å². The van der Waals surface area contributed by atoms with Crippen LogP contribution in [0.2, 0.25) is 0 Å². The Labute approximate surface area is 145 Å². The summed E-state index contributed by atoms with van der Waals surface area (Å²) in [5, 5.41) is 0. The number of pyridine rings is 1. The van der Waals surface area contributed by atoms with Crippen LogP contribution in [0.4, 0.5) is 0 Å². The molecule has 3 heterocycles. The minimum Gasteiger partial charge on any atom is -0.483 e. The largest absolute Gasteiger partial charge is 0.483 e. The summed E-state index contributed by atoms with van der Waals surface area (Å²) in [6.07, 6.45) is 1.64. The van der Waals surface area contributed by atoms with E-state index in [1.54, 1.807) is 15.7 Å². The fourth-order valence-corrected chi connectivity index (χ4v) is 3.65. The molecule has 1 saturated heterocycles. The molecule has 0 N–H and O–H groups in total. The lowest BCUT2D eigenvalue weighted by Crippen LogP contribution is -2.56. The van der Waals surface area contributed by atoms with Gasteiger partial charge in [0.2, 0.25) is 5.43 Å². The van der Waals surface area contributed by atoms with Crippen molar-refractivity contribution in [1.82, 2.24) is 9.47 Å². The molecule has 1 amide bonds. The number of ether oxygens (including phenoxy) is 2. The second kappa shape index (κ2) is 5.74. The number of carbonyl (C=O) groups is 1. The number of nitrogens with zero attached hydrogens (tertiary/aromatic N) is 2. The summed E-state index contributed by atoms with van der Waals surface area (Å²) in [6.45, 7) is 5.05. The number of rotatable bonds is 3. The van der Waals surface area contributed by atoms with Gasteiger partial charge in [0.05, 0.1) is 19.2 Å². The molecule has 6 nitrogen and oxygen atoms in total. The SMILES string of the molecule is C[C@H]1CO[C@]2(C)Cn3ccc(=O)c(OCc4ccccc4)c3C(=O)N12. The van der Waals surface area contributed by atoms with Gasteiger partial charge in [0, 0.05) is 12.3 Å². The number of hydrogen-bond acceptors (Lipinski definition) is 4. The van der Waals surface area contributed by atoms with E-state index in [-0.39, 0.29) is 29.7 Å². The van der Waals surface area contributed by atoms with Gasteiger partial charge in [-0.1, -0.05) is 30.3 Å². The maximum atomic E-state index is 13.1. The summed E-state index contributed by atoms with van der Waals surface area (Å²) in [5.74, 6) is -0.114. The summed E-state index contributed by atoms with van der Waals surface area (Å²) in [7, 11) is 0. The average molecular weight is 340 g/mol. The van der Waals surface area contributed by atoms with Gasteiger partial charge in [0.15, 0.2) is 17.2 Å². The van der Waals surface area contributed by atoms with Crippen LogP contribution < -0.4 is 10.2 Å². The van der Waals surface area contributed by atoms with Crippen LogP contribution in [0.5, 0.6) is 5.75 Å². The monoisotopic (exact) mass is 340 g/mol. The molecule has 1 aromatic carbocycles. The van der Waals surface area contributed by atoms with Gasteiger partial charge < -0.3 is 18.9 Å². The number of fused-ring (bicyclic) bond motifs is 2. The van der Waals surface area contributed by atoms with Crippen LogP contribution >= 0.6 is 0 Å². The van der Waals surface area contributed by atoms with Crippen molar-refractivity contribution in [2.45, 2.75) is 38.8 Å². The molecule has 0 radical (unpaired) electrons. The van der Waals surface area contributed by atoms with E-state index in [1.165, 1.54) is 6.07 Å². The first-order valence-electron chi connectivity index (χ1n) is 8.37. The van der Waals surface area contributed by atoms with Crippen LogP contribution in [-0.2, 0) is 17.9 Å². The Balaban J connectivity index is 1.73. The molecule has 2 aromatic rings. The quantitative estimate of drug-likeness (QED) is 0.858. The number of hydrogen-bond donors (Lipinski definition) is 0. The molecule has 2 aliphatic heterocycles. The van der Waals surface area contributed by atoms with E-state index in [4.69, 9.17) is 9.47 Å². The first-order valence-corrected chi connectivity index (χ1v) is 8.37. The standard InChI is InChI=1S/C19H20N2O4/c1-13-10-25-19(2)12-20-9-8-15(22)17(16(20)18(23)21(13)19)24-11-14-6-4-3-5-7-14/h3-9,13H,10-12H2,1-2H3/t13-,19+/m0/s1. The van der Waals surface area contributed by atoms with E-state index in [0.717, 1.165) is 5.56 Å². The lowest BCUT2D eigenvalue weighted by Gasteiger charge is -2.41. The number of amides is 1. The Morgan fingerprint density at radius 1 is 1.24 bits per heavy atom. The molecule has 4 rings (SSSR count). The predicted octanol–water partition coefficient (Wildman–Crippen LogP) is 2.02. The van der Waals surface area contributed by atoms with Gasteiger partial charge in [-0.25, -0.2) is 0 Å². The second-order valence-electron chi connectivity index (χ2n) is 6.77. The number of aromatic nitrogens is 1. The summed E-state index contributed by atoms with van der Waals surface area (Å²) in [4.78, 5) is 27.2. The molecule has 130 valence electrons. The smallest absolute Gasteiger partial charge is 0.277 e. The molecule has 0 bridgehead atoms. The summed E-state index contributed by atoms with van der Waals surface area (Å²) < 4.78 is 13.4. The molecule has 25 heavy (non-hydrogen) atoms. The Bertz CT molecular complexity index is 877. The third kappa shape index (κ3) is 2.53. The molecular weight excluding hydrogens is 320 g/mol. The van der Waals surface area contributed by atoms with Crippen LogP contribution in [0.15, 0.2) is 47.4 Å². The van der Waals surface area contributed by atoms with E-state index < -0.39 is 5.72 Å². The molecule has 1 fully saturated rings. The first kappa shape index (κ1) is 15.9. The van der Waals surface area contributed by atoms with E-state index in [1.807, 2.05) is 44.2 Å². The van der Waals surface area contributed by atoms with Crippen molar-refractivity contribution in [1.29, 1.82) is 0 Å². The van der Waals surface area contributed by atoms with E-state index in [9.17, 15) is 9.59 Å². The van der Waals surface area contributed by atoms with Crippen molar-refractivity contribution in [3.05, 3.63) is 64.1 Å². The highest BCUT2D eigenvalue weighted by Gasteiger charge is 2.50. The second-order valence-corrected chi connectivity index (χ2v) is 6.77. The van der Waals surface area contributed by atoms with Crippen LogP contribution in [0, 0.1) is 0 Å². The third-order valence-electron chi connectivity index (χ3n) is 4.83. The third-order valence-corrected chi connectivity index (χ3v) is 4.83. The van der Waals surface area contributed by atoms with Gasteiger partial charge in [0.1, 0.15) is 6.61 Å². The maximum Gasteiger partial charge on any atom is 0.277 e. The number of carbonyl (C=O) groups excluding carboxylic acids is 1. The molecule has 0 spiro atoms. The zero-order valence-electron chi connectivity index (χ0n) is 14.3. The zero-order valence-corrected chi connectivity index (χ0v) is 14.3. The van der Waals surface area contributed by atoms with Gasteiger partial charge >= 0.3 is 0 Å². The van der Waals surface area contributed by atoms with Crippen molar-refractivity contribution in [3.8, 4) is 5.75 Å². The Hall–Kier alpha value is -2.60. The Morgan fingerprint density at radius 3 is 2.76 bits per heavy atom. The highest BCUT2D eigenvalue weighted by Crippen LogP contribution is 2.36. The molecule has 2 atom stereocenters. The number of benzene rings is 1. The van der Waals surface area contributed by atoms with Crippen LogP contribution in [-0.4, -0.2) is 33.7 Å². The predicted molar refractivity (Wildman–Crippen MR) is 91.5 cm³/mol. The lowest BCUT2D eigenvalue weighted by atomic mass is 10.1. The van der Waals surface area contributed by atoms with Crippen molar-refractivity contribution < 1.29 is 14.3 Å². The highest BCUT2D eigenvalue weighted by molar-refractivity contribution is 5.96. The molecule has 6 heteroatoms. The minimum atomic E-state index is -0.685. The molecule has 2 aliphatic rings. The molecule has 1 aromatic heterocycles. The molecule has 0 unspecified atom stereocenters. The van der Waals surface area contributed by atoms with Crippen molar-refractivity contribution in [2.24, 2.45) is 0 Å². The zero-order chi connectivity index (χ0) is 17.6. The van der Waals surface area contributed by atoms with E-state index in [2.05, 4.69) is 0 Å². The molecular formula is C19H20N2O4. The normalized spacial score (nSPS) is 24.8. The molecule has 0 aliphatic carbocycles. The fraction of sp³-hybridized carbons (Fsp3) is 0.368. The van der Waals surface area contributed by atoms with Crippen molar-refractivity contribution in [2.75, 3.05) is 6.61 Å². The van der Waals surface area contributed by atoms with Gasteiger partial charge in [-0.15, -0.1) is 0 Å². The van der Waals surface area contributed by atoms with Gasteiger partial charge in [-0.05, 0) is 19.4 Å². The lowest BCUT2D eigenvalue weighted by molar-refractivity contribution is -0.0752. The topological polar surface area (TPSA) is 60.8 Å². The highest BCUT2D eigenvalue weighted by atomic mass is 16.5. The summed E-state index contributed by atoms with van der Waals surface area (Å²) in [6, 6.07) is 11.0. The first-order chi connectivity index (χ1) is 12.0. The van der Waals surface area contributed by atoms with Crippen molar-refractivity contribution >= 4 is 5.91 Å². The van der Waals surface area contributed by atoms with Crippen LogP contribution in [0.1, 0.15) is 29.9 Å². The Kier molecular flexibility index (Phi) is 3.65. The van der Waals surface area contributed by atoms with Gasteiger partial charge in [0.25, 0.3) is 5.91 Å². The van der Waals surface area contributed by atoms with Gasteiger partial charge in [-0.2, -0.15) is 0 Å². The fourth-order valence-electron chi connectivity index (χ4n) is 3.65. The van der Waals surface area contributed by atoms with Crippen molar-refractivity contribution in [3.63, 3.8) is 0 Å². The summed E-state index contributed by atoms with van der Waals surface area (Å²) in [5.41, 5.74) is 0.274. The van der Waals surface area contributed by atoms with E-state index >= 15 is 0 Å².